The van der Waals surface area contributed by atoms with Crippen molar-refractivity contribution >= 4 is 18.2 Å². The lowest BCUT2D eigenvalue weighted by molar-refractivity contribution is 0.189. The van der Waals surface area contributed by atoms with Crippen LogP contribution in [-0.2, 0) is 9.47 Å². The Hall–Kier alpha value is -0.920. The maximum Gasteiger partial charge on any atom is 0.226 e. The molecular weight excluding hydrogens is 276 g/mol. The van der Waals surface area contributed by atoms with Crippen molar-refractivity contribution in [3.05, 3.63) is 4.77 Å². The van der Waals surface area contributed by atoms with Crippen LogP contribution in [0.15, 0.2) is 0 Å². The van der Waals surface area contributed by atoms with Crippen molar-refractivity contribution in [2.24, 2.45) is 0 Å². The molecule has 0 unspecified atom stereocenters. The van der Waals surface area contributed by atoms with Gasteiger partial charge in [0.15, 0.2) is 4.77 Å². The minimum absolute atomic E-state index is 0.476. The van der Waals surface area contributed by atoms with Gasteiger partial charge in [-0.3, -0.25) is 4.57 Å². The second-order valence-corrected chi connectivity index (χ2v) is 5.50. The average Bonchev–Trinajstić information content (AvgIpc) is 3.08. The maximum absolute atomic E-state index is 5.41. The number of rotatable bonds is 8. The average molecular weight is 300 g/mol. The lowest BCUT2D eigenvalue weighted by Crippen LogP contribution is -2.33. The van der Waals surface area contributed by atoms with Crippen LogP contribution < -0.4 is 4.90 Å². The van der Waals surface area contributed by atoms with Gasteiger partial charge in [-0.05, 0) is 25.1 Å². The zero-order chi connectivity index (χ0) is 14.4. The van der Waals surface area contributed by atoms with Crippen molar-refractivity contribution in [3.8, 4) is 0 Å². The fourth-order valence-corrected chi connectivity index (χ4v) is 3.00. The summed E-state index contributed by atoms with van der Waals surface area (Å²) in [6, 6.07) is 0.476. The Balaban J connectivity index is 2.20. The second kappa shape index (κ2) is 7.75. The summed E-state index contributed by atoms with van der Waals surface area (Å²) in [5.41, 5.74) is 0. The Morgan fingerprint density at radius 2 is 1.85 bits per heavy atom. The first-order valence-corrected chi connectivity index (χ1v) is 7.58. The topological polar surface area (TPSA) is 55.3 Å². The summed E-state index contributed by atoms with van der Waals surface area (Å²) >= 11 is 5.41. The van der Waals surface area contributed by atoms with E-state index in [4.69, 9.17) is 21.7 Å². The van der Waals surface area contributed by atoms with E-state index in [1.54, 1.807) is 14.2 Å². The van der Waals surface area contributed by atoms with E-state index in [-0.39, 0.29) is 0 Å². The number of nitrogens with one attached hydrogen (secondary N) is 1. The molecule has 7 heteroatoms. The highest BCUT2D eigenvalue weighted by Gasteiger charge is 2.23. The van der Waals surface area contributed by atoms with Crippen LogP contribution in [0, 0.1) is 4.77 Å². The smallest absolute Gasteiger partial charge is 0.226 e. The van der Waals surface area contributed by atoms with Crippen molar-refractivity contribution < 1.29 is 9.47 Å². The van der Waals surface area contributed by atoms with Gasteiger partial charge in [0.05, 0.1) is 13.2 Å². The van der Waals surface area contributed by atoms with Crippen LogP contribution in [-0.4, -0.2) is 55.3 Å². The SMILES string of the molecule is COCCN(CCOC)c1n[nH]c(=S)n1C1CCCC1. The van der Waals surface area contributed by atoms with Crippen LogP contribution in [0.25, 0.3) is 0 Å². The molecule has 114 valence electrons. The summed E-state index contributed by atoms with van der Waals surface area (Å²) in [6.45, 7) is 2.89. The van der Waals surface area contributed by atoms with E-state index in [0.717, 1.165) is 19.0 Å². The van der Waals surface area contributed by atoms with E-state index in [9.17, 15) is 0 Å². The molecule has 0 bridgehead atoms. The summed E-state index contributed by atoms with van der Waals surface area (Å²) in [6.07, 6.45) is 4.91. The van der Waals surface area contributed by atoms with Crippen LogP contribution in [0.4, 0.5) is 5.95 Å². The Kier molecular flexibility index (Phi) is 6.00. The molecule has 2 rings (SSSR count). The van der Waals surface area contributed by atoms with Crippen molar-refractivity contribution in [2.75, 3.05) is 45.4 Å². The van der Waals surface area contributed by atoms with Gasteiger partial charge in [-0.15, -0.1) is 5.10 Å². The molecule has 0 radical (unpaired) electrons. The fraction of sp³-hybridized carbons (Fsp3) is 0.846. The maximum atomic E-state index is 5.41. The third kappa shape index (κ3) is 3.59. The van der Waals surface area contributed by atoms with E-state index in [1.807, 2.05) is 0 Å². The molecule has 1 N–H and O–H groups in total. The van der Waals surface area contributed by atoms with E-state index < -0.39 is 0 Å². The first-order valence-electron chi connectivity index (χ1n) is 7.17. The number of methoxy groups -OCH3 is 2. The van der Waals surface area contributed by atoms with Gasteiger partial charge in [-0.2, -0.15) is 0 Å². The fourth-order valence-electron chi connectivity index (χ4n) is 2.73. The Morgan fingerprint density at radius 1 is 1.25 bits per heavy atom. The number of aromatic amines is 1. The highest BCUT2D eigenvalue weighted by Crippen LogP contribution is 2.32. The number of anilines is 1. The van der Waals surface area contributed by atoms with E-state index in [1.165, 1.54) is 25.7 Å². The Bertz CT molecular complexity index is 445. The highest BCUT2D eigenvalue weighted by molar-refractivity contribution is 7.71. The first-order chi connectivity index (χ1) is 9.77. The highest BCUT2D eigenvalue weighted by atomic mass is 32.1. The van der Waals surface area contributed by atoms with E-state index in [0.29, 0.717) is 24.0 Å². The summed E-state index contributed by atoms with van der Waals surface area (Å²) in [4.78, 5) is 2.18. The standard InChI is InChI=1S/C13H24N4O2S/c1-18-9-7-16(8-10-19-2)12-14-15-13(20)17(12)11-5-3-4-6-11/h11H,3-10H2,1-2H3,(H,15,20). The quantitative estimate of drug-likeness (QED) is 0.746. The predicted molar refractivity (Wildman–Crippen MR) is 80.9 cm³/mol. The van der Waals surface area contributed by atoms with Crippen molar-refractivity contribution in [1.29, 1.82) is 0 Å². The molecule has 20 heavy (non-hydrogen) atoms. The molecule has 1 aliphatic rings. The number of hydrogen-bond acceptors (Lipinski definition) is 5. The predicted octanol–water partition coefficient (Wildman–Crippen LogP) is 2.15. The monoisotopic (exact) mass is 300 g/mol. The van der Waals surface area contributed by atoms with E-state index >= 15 is 0 Å². The zero-order valence-electron chi connectivity index (χ0n) is 12.3. The molecule has 1 heterocycles. The summed E-state index contributed by atoms with van der Waals surface area (Å²) < 4.78 is 13.3. The van der Waals surface area contributed by atoms with Gasteiger partial charge < -0.3 is 14.4 Å². The largest absolute Gasteiger partial charge is 0.383 e. The van der Waals surface area contributed by atoms with Gasteiger partial charge in [0.2, 0.25) is 5.95 Å². The molecular formula is C13H24N4O2S. The molecule has 1 aromatic heterocycles. The van der Waals surface area contributed by atoms with Crippen molar-refractivity contribution in [3.63, 3.8) is 0 Å². The molecule has 1 fully saturated rings. The lowest BCUT2D eigenvalue weighted by atomic mass is 10.2. The van der Waals surface area contributed by atoms with Crippen LogP contribution in [0.3, 0.4) is 0 Å². The number of aromatic nitrogens is 3. The van der Waals surface area contributed by atoms with Crippen LogP contribution in [0.1, 0.15) is 31.7 Å². The molecule has 1 saturated carbocycles. The lowest BCUT2D eigenvalue weighted by Gasteiger charge is -2.25. The van der Waals surface area contributed by atoms with Crippen molar-refractivity contribution in [2.45, 2.75) is 31.7 Å². The number of nitrogens with zero attached hydrogens (tertiary/aromatic N) is 3. The van der Waals surface area contributed by atoms with E-state index in [2.05, 4.69) is 19.7 Å². The van der Waals surface area contributed by atoms with Crippen LogP contribution in [0.2, 0.25) is 0 Å². The second-order valence-electron chi connectivity index (χ2n) is 5.11. The van der Waals surface area contributed by atoms with Gasteiger partial charge in [-0.1, -0.05) is 12.8 Å². The Morgan fingerprint density at radius 3 is 2.40 bits per heavy atom. The Labute approximate surface area is 125 Å². The molecule has 0 amide bonds. The van der Waals surface area contributed by atoms with Crippen LogP contribution >= 0.6 is 12.2 Å². The minimum atomic E-state index is 0.476. The number of H-pyrrole nitrogens is 1. The molecule has 1 aromatic rings. The zero-order valence-corrected chi connectivity index (χ0v) is 13.1. The normalized spacial score (nSPS) is 15.9. The molecule has 6 nitrogen and oxygen atoms in total. The molecule has 0 aliphatic heterocycles. The van der Waals surface area contributed by atoms with Gasteiger partial charge in [0.1, 0.15) is 0 Å². The molecule has 1 aliphatic carbocycles. The molecule has 0 aromatic carbocycles. The van der Waals surface area contributed by atoms with Crippen LogP contribution in [0.5, 0.6) is 0 Å². The van der Waals surface area contributed by atoms with Gasteiger partial charge in [-0.25, -0.2) is 5.10 Å². The third-order valence-corrected chi connectivity index (χ3v) is 4.08. The third-order valence-electron chi connectivity index (χ3n) is 3.79. The molecule has 0 atom stereocenters. The molecule has 0 spiro atoms. The van der Waals surface area contributed by atoms with Gasteiger partial charge in [0.25, 0.3) is 0 Å². The summed E-state index contributed by atoms with van der Waals surface area (Å²) in [5, 5.41) is 7.37. The van der Waals surface area contributed by atoms with Gasteiger partial charge in [0, 0.05) is 33.4 Å². The van der Waals surface area contributed by atoms with Crippen molar-refractivity contribution in [1.82, 2.24) is 14.8 Å². The number of ether oxygens (including phenoxy) is 2. The molecule has 0 saturated heterocycles. The summed E-state index contributed by atoms with van der Waals surface area (Å²) in [5.74, 6) is 0.913. The first kappa shape index (κ1) is 15.5. The number of hydrogen-bond donors (Lipinski definition) is 1. The van der Waals surface area contributed by atoms with Gasteiger partial charge >= 0.3 is 0 Å². The summed E-state index contributed by atoms with van der Waals surface area (Å²) in [7, 11) is 3.42. The minimum Gasteiger partial charge on any atom is -0.383 e.